The van der Waals surface area contributed by atoms with E-state index < -0.39 is 5.97 Å². The van der Waals surface area contributed by atoms with E-state index in [-0.39, 0.29) is 5.92 Å². The number of aromatic hydroxyl groups is 1. The minimum absolute atomic E-state index is 0.336. The van der Waals surface area contributed by atoms with Crippen LogP contribution in [0.5, 0.6) is 5.75 Å². The second-order valence-corrected chi connectivity index (χ2v) is 4.73. The van der Waals surface area contributed by atoms with Crippen LogP contribution in [0.3, 0.4) is 0 Å². The minimum atomic E-state index is -0.768. The highest BCUT2D eigenvalue weighted by Gasteiger charge is 2.14. The van der Waals surface area contributed by atoms with E-state index in [9.17, 15) is 9.90 Å². The fourth-order valence-corrected chi connectivity index (χ4v) is 1.85. The van der Waals surface area contributed by atoms with E-state index in [2.05, 4.69) is 0 Å². The SMILES string of the molecule is Cc1cc(CCC(C)C(=O)O)c(C)c(O)c1C. The van der Waals surface area contributed by atoms with Crippen LogP contribution in [0.2, 0.25) is 0 Å². The summed E-state index contributed by atoms with van der Waals surface area (Å²) in [5.74, 6) is -0.781. The molecule has 0 radical (unpaired) electrons. The van der Waals surface area contributed by atoms with Gasteiger partial charge in [0, 0.05) is 0 Å². The van der Waals surface area contributed by atoms with Crippen LogP contribution in [-0.4, -0.2) is 16.2 Å². The van der Waals surface area contributed by atoms with E-state index in [0.29, 0.717) is 18.6 Å². The number of carboxylic acid groups (broad SMARTS) is 1. The van der Waals surface area contributed by atoms with Gasteiger partial charge in [0.25, 0.3) is 0 Å². The Kier molecular flexibility index (Phi) is 4.16. The maximum atomic E-state index is 10.7. The Hall–Kier alpha value is -1.51. The second-order valence-electron chi connectivity index (χ2n) is 4.73. The lowest BCUT2D eigenvalue weighted by molar-refractivity contribution is -0.141. The van der Waals surface area contributed by atoms with Crippen LogP contribution < -0.4 is 0 Å². The first-order chi connectivity index (χ1) is 7.84. The second kappa shape index (κ2) is 5.21. The van der Waals surface area contributed by atoms with Gasteiger partial charge in [-0.3, -0.25) is 4.79 Å². The standard InChI is InChI=1S/C14H20O3/c1-8(14(16)17)5-6-12-7-9(2)10(3)13(15)11(12)4/h7-8,15H,5-6H2,1-4H3,(H,16,17). The van der Waals surface area contributed by atoms with Crippen molar-refractivity contribution in [3.63, 3.8) is 0 Å². The number of phenolic OH excluding ortho intramolecular Hbond substituents is 1. The van der Waals surface area contributed by atoms with E-state index in [1.54, 1.807) is 6.92 Å². The molecule has 0 aliphatic heterocycles. The third-order valence-electron chi connectivity index (χ3n) is 3.44. The lowest BCUT2D eigenvalue weighted by Crippen LogP contribution is -2.10. The van der Waals surface area contributed by atoms with Gasteiger partial charge in [-0.05, 0) is 55.9 Å². The predicted molar refractivity (Wildman–Crippen MR) is 67.4 cm³/mol. The molecule has 0 aromatic heterocycles. The van der Waals surface area contributed by atoms with Gasteiger partial charge < -0.3 is 10.2 Å². The molecule has 0 bridgehead atoms. The summed E-state index contributed by atoms with van der Waals surface area (Å²) in [7, 11) is 0. The summed E-state index contributed by atoms with van der Waals surface area (Å²) in [5.41, 5.74) is 3.85. The Morgan fingerprint density at radius 1 is 1.29 bits per heavy atom. The molecule has 1 rings (SSSR count). The monoisotopic (exact) mass is 236 g/mol. The van der Waals surface area contributed by atoms with Crippen molar-refractivity contribution >= 4 is 5.97 Å². The average molecular weight is 236 g/mol. The Bertz CT molecular complexity index is 436. The number of phenols is 1. The number of hydrogen-bond donors (Lipinski definition) is 2. The molecule has 1 aromatic rings. The molecule has 0 aliphatic rings. The molecule has 0 saturated heterocycles. The maximum absolute atomic E-state index is 10.7. The molecule has 0 aliphatic carbocycles. The van der Waals surface area contributed by atoms with E-state index >= 15 is 0 Å². The van der Waals surface area contributed by atoms with Gasteiger partial charge in [0.15, 0.2) is 0 Å². The molecule has 2 N–H and O–H groups in total. The first-order valence-electron chi connectivity index (χ1n) is 5.86. The molecule has 3 heteroatoms. The fourth-order valence-electron chi connectivity index (χ4n) is 1.85. The lowest BCUT2D eigenvalue weighted by Gasteiger charge is -2.13. The quantitative estimate of drug-likeness (QED) is 0.845. The molecular formula is C14H20O3. The third-order valence-corrected chi connectivity index (χ3v) is 3.44. The van der Waals surface area contributed by atoms with Crippen LogP contribution in [0, 0.1) is 26.7 Å². The van der Waals surface area contributed by atoms with Crippen LogP contribution in [-0.2, 0) is 11.2 Å². The highest BCUT2D eigenvalue weighted by molar-refractivity contribution is 5.69. The summed E-state index contributed by atoms with van der Waals surface area (Å²) >= 11 is 0. The molecule has 0 heterocycles. The first-order valence-corrected chi connectivity index (χ1v) is 5.86. The van der Waals surface area contributed by atoms with E-state index in [1.807, 2.05) is 26.8 Å². The van der Waals surface area contributed by atoms with Crippen molar-refractivity contribution in [2.24, 2.45) is 5.92 Å². The molecule has 94 valence electrons. The van der Waals surface area contributed by atoms with E-state index in [4.69, 9.17) is 5.11 Å². The number of hydrogen-bond acceptors (Lipinski definition) is 2. The molecule has 0 spiro atoms. The fraction of sp³-hybridized carbons (Fsp3) is 0.500. The first kappa shape index (κ1) is 13.6. The Morgan fingerprint density at radius 2 is 1.88 bits per heavy atom. The molecule has 0 fully saturated rings. The number of carbonyl (C=O) groups is 1. The van der Waals surface area contributed by atoms with Crippen LogP contribution in [0.15, 0.2) is 6.07 Å². The molecule has 1 unspecified atom stereocenters. The zero-order chi connectivity index (χ0) is 13.2. The highest BCUT2D eigenvalue weighted by Crippen LogP contribution is 2.29. The predicted octanol–water partition coefficient (Wildman–Crippen LogP) is 2.97. The summed E-state index contributed by atoms with van der Waals surface area (Å²) < 4.78 is 0. The summed E-state index contributed by atoms with van der Waals surface area (Å²) in [6.45, 7) is 7.43. The number of rotatable bonds is 4. The normalized spacial score (nSPS) is 12.5. The summed E-state index contributed by atoms with van der Waals surface area (Å²) in [5, 5.41) is 18.8. The van der Waals surface area contributed by atoms with Gasteiger partial charge in [-0.15, -0.1) is 0 Å². The van der Waals surface area contributed by atoms with Crippen molar-refractivity contribution in [3.8, 4) is 5.75 Å². The molecule has 17 heavy (non-hydrogen) atoms. The average Bonchev–Trinajstić information content (AvgIpc) is 2.28. The van der Waals surface area contributed by atoms with E-state index in [1.165, 1.54) is 0 Å². The smallest absolute Gasteiger partial charge is 0.306 e. The molecule has 0 amide bonds. The van der Waals surface area contributed by atoms with Crippen LogP contribution in [0.25, 0.3) is 0 Å². The number of carboxylic acids is 1. The van der Waals surface area contributed by atoms with Crippen LogP contribution in [0.1, 0.15) is 35.6 Å². The zero-order valence-electron chi connectivity index (χ0n) is 10.9. The Labute approximate surface area is 102 Å². The molecule has 1 atom stereocenters. The van der Waals surface area contributed by atoms with Gasteiger partial charge in [-0.1, -0.05) is 13.0 Å². The summed E-state index contributed by atoms with van der Waals surface area (Å²) in [4.78, 5) is 10.7. The van der Waals surface area contributed by atoms with Crippen molar-refractivity contribution in [1.29, 1.82) is 0 Å². The molecule has 3 nitrogen and oxygen atoms in total. The molecular weight excluding hydrogens is 216 g/mol. The topological polar surface area (TPSA) is 57.5 Å². The lowest BCUT2D eigenvalue weighted by atomic mass is 9.93. The summed E-state index contributed by atoms with van der Waals surface area (Å²) in [6, 6.07) is 2.04. The molecule has 0 saturated carbocycles. The van der Waals surface area contributed by atoms with Crippen molar-refractivity contribution < 1.29 is 15.0 Å². The van der Waals surface area contributed by atoms with Crippen LogP contribution >= 0.6 is 0 Å². The van der Waals surface area contributed by atoms with Crippen LogP contribution in [0.4, 0.5) is 0 Å². The number of aliphatic carboxylic acids is 1. The summed E-state index contributed by atoms with van der Waals surface area (Å²) in [6.07, 6.45) is 1.28. The van der Waals surface area contributed by atoms with Gasteiger partial charge in [-0.25, -0.2) is 0 Å². The van der Waals surface area contributed by atoms with Gasteiger partial charge in [0.1, 0.15) is 5.75 Å². The Morgan fingerprint density at radius 3 is 2.41 bits per heavy atom. The van der Waals surface area contributed by atoms with Crippen molar-refractivity contribution in [1.82, 2.24) is 0 Å². The Balaban J connectivity index is 2.89. The third kappa shape index (κ3) is 2.99. The highest BCUT2D eigenvalue weighted by atomic mass is 16.4. The van der Waals surface area contributed by atoms with Crippen molar-refractivity contribution in [3.05, 3.63) is 28.3 Å². The van der Waals surface area contributed by atoms with Crippen molar-refractivity contribution in [2.75, 3.05) is 0 Å². The van der Waals surface area contributed by atoms with Gasteiger partial charge in [0.05, 0.1) is 5.92 Å². The van der Waals surface area contributed by atoms with Gasteiger partial charge >= 0.3 is 5.97 Å². The van der Waals surface area contributed by atoms with Gasteiger partial charge in [0.2, 0.25) is 0 Å². The largest absolute Gasteiger partial charge is 0.507 e. The maximum Gasteiger partial charge on any atom is 0.306 e. The van der Waals surface area contributed by atoms with Gasteiger partial charge in [-0.2, -0.15) is 0 Å². The number of benzene rings is 1. The van der Waals surface area contributed by atoms with E-state index in [0.717, 1.165) is 22.3 Å². The zero-order valence-corrected chi connectivity index (χ0v) is 10.9. The molecule has 1 aromatic carbocycles. The van der Waals surface area contributed by atoms with Crippen molar-refractivity contribution in [2.45, 2.75) is 40.5 Å². The minimum Gasteiger partial charge on any atom is -0.507 e. The number of aryl methyl sites for hydroxylation is 2.